The van der Waals surface area contributed by atoms with Crippen molar-refractivity contribution in [3.63, 3.8) is 0 Å². The highest BCUT2D eigenvalue weighted by molar-refractivity contribution is 5.93. The highest BCUT2D eigenvalue weighted by Gasteiger charge is 2.29. The molecule has 11 N–H and O–H groups in total. The van der Waals surface area contributed by atoms with E-state index in [4.69, 9.17) is 17.2 Å². The zero-order valence-corrected chi connectivity index (χ0v) is 19.9. The summed E-state index contributed by atoms with van der Waals surface area (Å²) < 4.78 is 0. The molecule has 196 valence electrons. The van der Waals surface area contributed by atoms with Crippen molar-refractivity contribution in [2.75, 3.05) is 19.6 Å². The number of hydrogen-bond acceptors (Lipinski definition) is 8. The minimum Gasteiger partial charge on any atom is -0.508 e. The van der Waals surface area contributed by atoms with Gasteiger partial charge in [0.1, 0.15) is 23.9 Å². The fourth-order valence-corrected chi connectivity index (χ4v) is 3.39. The van der Waals surface area contributed by atoms with Crippen LogP contribution in [0.4, 0.5) is 0 Å². The first kappa shape index (κ1) is 29.8. The van der Waals surface area contributed by atoms with Gasteiger partial charge in [0.25, 0.3) is 0 Å². The molecule has 12 heteroatoms. The minimum absolute atomic E-state index is 0.0351. The second-order valence-corrected chi connectivity index (χ2v) is 8.22. The van der Waals surface area contributed by atoms with Crippen LogP contribution in [-0.4, -0.2) is 71.7 Å². The number of aromatic hydroxyl groups is 1. The Morgan fingerprint density at radius 2 is 1.26 bits per heavy atom. The van der Waals surface area contributed by atoms with Crippen molar-refractivity contribution >= 4 is 23.7 Å². The van der Waals surface area contributed by atoms with Crippen LogP contribution in [0.15, 0.2) is 24.3 Å². The third-order valence-electron chi connectivity index (χ3n) is 5.35. The molecule has 0 aliphatic carbocycles. The molecule has 1 aromatic rings. The van der Waals surface area contributed by atoms with Crippen LogP contribution < -0.4 is 33.2 Å². The van der Waals surface area contributed by atoms with E-state index in [2.05, 4.69) is 16.0 Å². The molecule has 0 heterocycles. The highest BCUT2D eigenvalue weighted by atomic mass is 16.4. The summed E-state index contributed by atoms with van der Waals surface area (Å²) in [7, 11) is 0. The summed E-state index contributed by atoms with van der Waals surface area (Å²) in [6.07, 6.45) is 2.84. The molecule has 0 saturated carbocycles. The van der Waals surface area contributed by atoms with Crippen LogP contribution in [0.3, 0.4) is 0 Å². The molecule has 0 bridgehead atoms. The standard InChI is InChI=1S/C23H38N6O6/c24-11-3-1-5-17(27-20(31)14-26)21(32)29-19(13-15-7-9-16(30)10-8-15)22(33)28-18(23(34)35)6-2-4-12-25/h7-10,17-19,30H,1-6,11-14,24-26H2,(H,27,31)(H,28,33)(H,29,32)(H,34,35). The van der Waals surface area contributed by atoms with Gasteiger partial charge in [-0.1, -0.05) is 12.1 Å². The van der Waals surface area contributed by atoms with Crippen LogP contribution in [0.5, 0.6) is 5.75 Å². The average Bonchev–Trinajstić information content (AvgIpc) is 2.83. The maximum atomic E-state index is 13.1. The van der Waals surface area contributed by atoms with E-state index in [9.17, 15) is 29.4 Å². The van der Waals surface area contributed by atoms with E-state index in [0.29, 0.717) is 50.8 Å². The van der Waals surface area contributed by atoms with Crippen LogP contribution in [0.25, 0.3) is 0 Å². The Morgan fingerprint density at radius 3 is 1.77 bits per heavy atom. The third kappa shape index (κ3) is 11.7. The molecule has 1 rings (SSSR count). The van der Waals surface area contributed by atoms with Crippen molar-refractivity contribution in [2.24, 2.45) is 17.2 Å². The van der Waals surface area contributed by atoms with Crippen LogP contribution in [0.2, 0.25) is 0 Å². The van der Waals surface area contributed by atoms with Crippen molar-refractivity contribution < 1.29 is 29.4 Å². The Kier molecular flexibility index (Phi) is 14.0. The molecule has 12 nitrogen and oxygen atoms in total. The second kappa shape index (κ2) is 16.4. The Balaban J connectivity index is 3.06. The number of hydrogen-bond donors (Lipinski definition) is 8. The average molecular weight is 495 g/mol. The molecule has 0 aliphatic heterocycles. The van der Waals surface area contributed by atoms with Gasteiger partial charge in [0.2, 0.25) is 17.7 Å². The highest BCUT2D eigenvalue weighted by Crippen LogP contribution is 2.12. The summed E-state index contributed by atoms with van der Waals surface area (Å²) in [6, 6.07) is 2.85. The van der Waals surface area contributed by atoms with Crippen LogP contribution in [0.1, 0.15) is 44.1 Å². The zero-order chi connectivity index (χ0) is 26.2. The van der Waals surface area contributed by atoms with Gasteiger partial charge in [-0.3, -0.25) is 14.4 Å². The normalized spacial score (nSPS) is 13.3. The number of phenols is 1. The number of aliphatic carboxylic acids is 1. The molecule has 0 radical (unpaired) electrons. The van der Waals surface area contributed by atoms with Gasteiger partial charge < -0.3 is 43.4 Å². The number of rotatable bonds is 17. The van der Waals surface area contributed by atoms with Crippen molar-refractivity contribution in [2.45, 2.75) is 63.1 Å². The van der Waals surface area contributed by atoms with Gasteiger partial charge in [0, 0.05) is 6.42 Å². The number of carbonyl (C=O) groups excluding carboxylic acids is 3. The lowest BCUT2D eigenvalue weighted by Gasteiger charge is -2.25. The molecule has 3 unspecified atom stereocenters. The second-order valence-electron chi connectivity index (χ2n) is 8.22. The summed E-state index contributed by atoms with van der Waals surface area (Å²) in [6.45, 7) is 0.521. The molecule has 0 saturated heterocycles. The quantitative estimate of drug-likeness (QED) is 0.120. The molecular weight excluding hydrogens is 456 g/mol. The lowest BCUT2D eigenvalue weighted by molar-refractivity contribution is -0.142. The number of carbonyl (C=O) groups is 4. The largest absolute Gasteiger partial charge is 0.508 e. The van der Waals surface area contributed by atoms with Crippen LogP contribution in [-0.2, 0) is 25.6 Å². The van der Waals surface area contributed by atoms with Gasteiger partial charge in [0.15, 0.2) is 0 Å². The molecule has 3 amide bonds. The number of amides is 3. The van der Waals surface area contributed by atoms with Crippen molar-refractivity contribution in [1.29, 1.82) is 0 Å². The molecule has 3 atom stereocenters. The van der Waals surface area contributed by atoms with Crippen molar-refractivity contribution in [1.82, 2.24) is 16.0 Å². The predicted octanol–water partition coefficient (Wildman–Crippen LogP) is -1.31. The number of phenolic OH excluding ortho intramolecular Hbond substituents is 1. The number of carboxylic acid groups (broad SMARTS) is 1. The summed E-state index contributed by atoms with van der Waals surface area (Å²) >= 11 is 0. The molecular formula is C23H38N6O6. The van der Waals surface area contributed by atoms with E-state index in [1.165, 1.54) is 12.1 Å². The van der Waals surface area contributed by atoms with Gasteiger partial charge >= 0.3 is 5.97 Å². The Morgan fingerprint density at radius 1 is 0.743 bits per heavy atom. The van der Waals surface area contributed by atoms with E-state index in [1.54, 1.807) is 12.1 Å². The smallest absolute Gasteiger partial charge is 0.326 e. The maximum absolute atomic E-state index is 13.1. The first-order chi connectivity index (χ1) is 16.7. The van der Waals surface area contributed by atoms with Crippen molar-refractivity contribution in [3.8, 4) is 5.75 Å². The zero-order valence-electron chi connectivity index (χ0n) is 19.9. The van der Waals surface area contributed by atoms with E-state index in [-0.39, 0.29) is 25.1 Å². The summed E-state index contributed by atoms with van der Waals surface area (Å²) in [4.78, 5) is 49.6. The van der Waals surface area contributed by atoms with E-state index in [1.807, 2.05) is 0 Å². The van der Waals surface area contributed by atoms with Gasteiger partial charge in [-0.05, 0) is 69.3 Å². The van der Waals surface area contributed by atoms with E-state index >= 15 is 0 Å². The number of carboxylic acids is 1. The van der Waals surface area contributed by atoms with Gasteiger partial charge in [-0.25, -0.2) is 4.79 Å². The molecule has 1 aromatic carbocycles. The Bertz CT molecular complexity index is 819. The van der Waals surface area contributed by atoms with Gasteiger partial charge in [0.05, 0.1) is 6.54 Å². The topological polar surface area (TPSA) is 223 Å². The minimum atomic E-state index is -1.19. The summed E-state index contributed by atoms with van der Waals surface area (Å²) in [5, 5.41) is 26.7. The fourth-order valence-electron chi connectivity index (χ4n) is 3.39. The molecule has 35 heavy (non-hydrogen) atoms. The first-order valence-corrected chi connectivity index (χ1v) is 11.7. The lowest BCUT2D eigenvalue weighted by atomic mass is 10.0. The molecule has 0 spiro atoms. The lowest BCUT2D eigenvalue weighted by Crippen LogP contribution is -2.56. The third-order valence-corrected chi connectivity index (χ3v) is 5.35. The van der Waals surface area contributed by atoms with Crippen LogP contribution >= 0.6 is 0 Å². The maximum Gasteiger partial charge on any atom is 0.326 e. The fraction of sp³-hybridized carbons (Fsp3) is 0.565. The van der Waals surface area contributed by atoms with Crippen LogP contribution in [0, 0.1) is 0 Å². The number of unbranched alkanes of at least 4 members (excludes halogenated alkanes) is 2. The predicted molar refractivity (Wildman–Crippen MR) is 130 cm³/mol. The summed E-state index contributed by atoms with van der Waals surface area (Å²) in [5.41, 5.74) is 17.0. The summed E-state index contributed by atoms with van der Waals surface area (Å²) in [5.74, 6) is -2.97. The monoisotopic (exact) mass is 494 g/mol. The molecule has 0 aromatic heterocycles. The molecule has 0 fully saturated rings. The SMILES string of the molecule is NCCCCC(NC(=O)C(Cc1ccc(O)cc1)NC(=O)C(CCCCN)NC(=O)CN)C(=O)O. The van der Waals surface area contributed by atoms with E-state index in [0.717, 1.165) is 0 Å². The van der Waals surface area contributed by atoms with Gasteiger partial charge in [-0.15, -0.1) is 0 Å². The van der Waals surface area contributed by atoms with Gasteiger partial charge in [-0.2, -0.15) is 0 Å². The molecule has 0 aliphatic rings. The number of nitrogens with two attached hydrogens (primary N) is 3. The number of nitrogens with one attached hydrogen (secondary N) is 3. The first-order valence-electron chi connectivity index (χ1n) is 11.7. The van der Waals surface area contributed by atoms with E-state index < -0.39 is 41.8 Å². The Labute approximate surface area is 205 Å². The number of benzene rings is 1. The van der Waals surface area contributed by atoms with Crippen molar-refractivity contribution in [3.05, 3.63) is 29.8 Å². The Hall–Kier alpha value is -3.22.